The molecule has 0 radical (unpaired) electrons. The average Bonchev–Trinajstić information content (AvgIpc) is 3.23. The predicted octanol–water partition coefficient (Wildman–Crippen LogP) is 4.20. The molecule has 0 unspecified atom stereocenters. The molecule has 1 aromatic carbocycles. The van der Waals surface area contributed by atoms with Crippen LogP contribution in [-0.4, -0.2) is 58.6 Å². The van der Waals surface area contributed by atoms with E-state index in [0.29, 0.717) is 25.9 Å². The van der Waals surface area contributed by atoms with E-state index in [0.717, 1.165) is 15.8 Å². The lowest BCUT2D eigenvalue weighted by molar-refractivity contribution is -0.173. The second-order valence-corrected chi connectivity index (χ2v) is 8.69. The van der Waals surface area contributed by atoms with Gasteiger partial charge in [-0.05, 0) is 32.3 Å². The monoisotopic (exact) mass is 479 g/mol. The molecule has 11 heteroatoms. The molecule has 2 atom stereocenters. The Hall–Kier alpha value is -3.24. The maximum Gasteiger partial charge on any atom is 0.410 e. The molecular formula is C23H28F3N5O3. The molecule has 2 aromatic rings. The Bertz CT molecular complexity index is 1030. The third-order valence-electron chi connectivity index (χ3n) is 6.26. The number of halogens is 3. The summed E-state index contributed by atoms with van der Waals surface area (Å²) < 4.78 is 47.5. The van der Waals surface area contributed by atoms with Crippen molar-refractivity contribution in [2.75, 3.05) is 25.0 Å². The summed E-state index contributed by atoms with van der Waals surface area (Å²) in [6, 6.07) is 6.09. The van der Waals surface area contributed by atoms with Gasteiger partial charge >= 0.3 is 12.3 Å². The van der Waals surface area contributed by atoms with E-state index >= 15 is 0 Å². The van der Waals surface area contributed by atoms with Crippen molar-refractivity contribution in [3.05, 3.63) is 47.2 Å². The first-order valence-electron chi connectivity index (χ1n) is 11.4. The molecule has 2 N–H and O–H groups in total. The number of ether oxygens (including phenoxy) is 1. The van der Waals surface area contributed by atoms with Gasteiger partial charge in [0, 0.05) is 31.6 Å². The summed E-state index contributed by atoms with van der Waals surface area (Å²) >= 11 is 0. The van der Waals surface area contributed by atoms with Gasteiger partial charge < -0.3 is 20.3 Å². The molecule has 0 spiro atoms. The first kappa shape index (κ1) is 23.9. The van der Waals surface area contributed by atoms with E-state index in [2.05, 4.69) is 15.7 Å². The predicted molar refractivity (Wildman–Crippen MR) is 119 cm³/mol. The average molecular weight is 480 g/mol. The first-order valence-corrected chi connectivity index (χ1v) is 11.4. The molecule has 34 heavy (non-hydrogen) atoms. The summed E-state index contributed by atoms with van der Waals surface area (Å²) in [6.45, 7) is 4.80. The summed E-state index contributed by atoms with van der Waals surface area (Å²) in [5.41, 5.74) is 1.69. The highest BCUT2D eigenvalue weighted by Crippen LogP contribution is 2.43. The van der Waals surface area contributed by atoms with E-state index in [9.17, 15) is 22.8 Å². The second-order valence-electron chi connectivity index (χ2n) is 8.69. The molecule has 4 rings (SSSR count). The first-order chi connectivity index (χ1) is 16.2. The minimum atomic E-state index is -4.51. The number of nitrogens with one attached hydrogen (secondary N) is 2. The van der Waals surface area contributed by atoms with Crippen molar-refractivity contribution < 1.29 is 27.5 Å². The topological polar surface area (TPSA) is 88.5 Å². The number of hydrogen-bond acceptors (Lipinski definition) is 5. The van der Waals surface area contributed by atoms with Crippen molar-refractivity contribution in [3.8, 4) is 0 Å². The van der Waals surface area contributed by atoms with Crippen LogP contribution in [0.3, 0.4) is 0 Å². The standard InChI is InChI=1S/C23H28F3N5O3/c1-3-34-22(33)30-10-8-16(9-11-30)27-21(32)18-13-20-28-17(15-6-4-14(2)5-7-15)12-19(23(24,25)26)31(20)29-18/h4-7,13,16-17,19,28H,3,8-12H2,1-2H3,(H,27,32)/t17-,19+/m0/s1. The number of carbonyl (C=O) groups is 2. The lowest BCUT2D eigenvalue weighted by atomic mass is 9.96. The van der Waals surface area contributed by atoms with Crippen LogP contribution in [0, 0.1) is 6.92 Å². The summed E-state index contributed by atoms with van der Waals surface area (Å²) in [5, 5.41) is 9.95. The number of amides is 2. The van der Waals surface area contributed by atoms with Crippen LogP contribution < -0.4 is 10.6 Å². The minimum Gasteiger partial charge on any atom is -0.450 e. The summed E-state index contributed by atoms with van der Waals surface area (Å²) in [7, 11) is 0. The van der Waals surface area contributed by atoms with E-state index in [-0.39, 0.29) is 36.7 Å². The van der Waals surface area contributed by atoms with Gasteiger partial charge in [-0.15, -0.1) is 0 Å². The molecule has 184 valence electrons. The highest BCUT2D eigenvalue weighted by molar-refractivity contribution is 5.93. The third-order valence-corrected chi connectivity index (χ3v) is 6.26. The Morgan fingerprint density at radius 1 is 1.21 bits per heavy atom. The lowest BCUT2D eigenvalue weighted by Crippen LogP contribution is -2.46. The van der Waals surface area contributed by atoms with Crippen molar-refractivity contribution in [1.82, 2.24) is 20.0 Å². The Morgan fingerprint density at radius 2 is 1.88 bits per heavy atom. The fourth-order valence-corrected chi connectivity index (χ4v) is 4.38. The zero-order chi connectivity index (χ0) is 24.5. The zero-order valence-electron chi connectivity index (χ0n) is 19.1. The second kappa shape index (κ2) is 9.55. The van der Waals surface area contributed by atoms with Crippen molar-refractivity contribution >= 4 is 17.8 Å². The van der Waals surface area contributed by atoms with Gasteiger partial charge in [-0.1, -0.05) is 29.8 Å². The molecule has 0 bridgehead atoms. The van der Waals surface area contributed by atoms with E-state index in [1.807, 2.05) is 31.2 Å². The molecular weight excluding hydrogens is 451 g/mol. The fraction of sp³-hybridized carbons (Fsp3) is 0.522. The quantitative estimate of drug-likeness (QED) is 0.686. The van der Waals surface area contributed by atoms with Crippen molar-refractivity contribution in [3.63, 3.8) is 0 Å². The number of fused-ring (bicyclic) bond motifs is 1. The highest BCUT2D eigenvalue weighted by Gasteiger charge is 2.46. The summed E-state index contributed by atoms with van der Waals surface area (Å²) in [4.78, 5) is 26.2. The lowest BCUT2D eigenvalue weighted by Gasteiger charge is -2.33. The smallest absolute Gasteiger partial charge is 0.410 e. The highest BCUT2D eigenvalue weighted by atomic mass is 19.4. The van der Waals surface area contributed by atoms with Gasteiger partial charge in [0.2, 0.25) is 0 Å². The maximum absolute atomic E-state index is 13.9. The molecule has 2 aliphatic heterocycles. The number of nitrogens with zero attached hydrogens (tertiary/aromatic N) is 3. The summed E-state index contributed by atoms with van der Waals surface area (Å²) in [5.74, 6) is -0.382. The van der Waals surface area contributed by atoms with Crippen molar-refractivity contribution in [1.29, 1.82) is 0 Å². The molecule has 2 amide bonds. The number of aryl methyl sites for hydroxylation is 1. The van der Waals surface area contributed by atoms with Gasteiger partial charge in [-0.25, -0.2) is 9.48 Å². The number of alkyl halides is 3. The molecule has 1 fully saturated rings. The van der Waals surface area contributed by atoms with Crippen molar-refractivity contribution in [2.45, 2.75) is 57.4 Å². The van der Waals surface area contributed by atoms with Gasteiger partial charge in [0.15, 0.2) is 11.7 Å². The van der Waals surface area contributed by atoms with Crippen LogP contribution in [0.25, 0.3) is 0 Å². The van der Waals surface area contributed by atoms with Gasteiger partial charge in [0.05, 0.1) is 12.6 Å². The Labute approximate surface area is 195 Å². The van der Waals surface area contributed by atoms with Crippen LogP contribution in [0.5, 0.6) is 0 Å². The molecule has 8 nitrogen and oxygen atoms in total. The van der Waals surface area contributed by atoms with E-state index < -0.39 is 24.2 Å². The molecule has 0 aliphatic carbocycles. The number of likely N-dealkylation sites (tertiary alicyclic amines) is 1. The Kier molecular flexibility index (Phi) is 6.72. The number of piperidine rings is 1. The van der Waals surface area contributed by atoms with Gasteiger partial charge in [-0.2, -0.15) is 18.3 Å². The number of benzene rings is 1. The molecule has 2 aliphatic rings. The molecule has 1 saturated heterocycles. The van der Waals surface area contributed by atoms with Crippen LogP contribution in [-0.2, 0) is 4.74 Å². The van der Waals surface area contributed by atoms with Crippen LogP contribution in [0.15, 0.2) is 30.3 Å². The molecule has 0 saturated carbocycles. The number of rotatable bonds is 4. The van der Waals surface area contributed by atoms with Gasteiger partial charge in [0.25, 0.3) is 5.91 Å². The Morgan fingerprint density at radius 3 is 2.50 bits per heavy atom. The van der Waals surface area contributed by atoms with Gasteiger partial charge in [0.1, 0.15) is 5.82 Å². The van der Waals surface area contributed by atoms with E-state index in [1.54, 1.807) is 11.8 Å². The normalized spacial score (nSPS) is 20.9. The largest absolute Gasteiger partial charge is 0.450 e. The van der Waals surface area contributed by atoms with Gasteiger partial charge in [-0.3, -0.25) is 4.79 Å². The van der Waals surface area contributed by atoms with E-state index in [1.165, 1.54) is 6.07 Å². The van der Waals surface area contributed by atoms with Crippen LogP contribution in [0.4, 0.5) is 23.8 Å². The molecule has 3 heterocycles. The minimum absolute atomic E-state index is 0.0749. The van der Waals surface area contributed by atoms with Crippen LogP contribution >= 0.6 is 0 Å². The van der Waals surface area contributed by atoms with Crippen LogP contribution in [0.2, 0.25) is 0 Å². The summed E-state index contributed by atoms with van der Waals surface area (Å²) in [6.07, 6.45) is -4.08. The zero-order valence-corrected chi connectivity index (χ0v) is 19.1. The number of hydrogen-bond donors (Lipinski definition) is 2. The molecule has 1 aromatic heterocycles. The van der Waals surface area contributed by atoms with Crippen LogP contribution in [0.1, 0.15) is 59.9 Å². The van der Waals surface area contributed by atoms with E-state index in [4.69, 9.17) is 4.74 Å². The third kappa shape index (κ3) is 5.13. The Balaban J connectivity index is 1.47. The van der Waals surface area contributed by atoms with Crippen molar-refractivity contribution in [2.24, 2.45) is 0 Å². The fourth-order valence-electron chi connectivity index (χ4n) is 4.38. The maximum atomic E-state index is 13.9. The number of aromatic nitrogens is 2. The SMILES string of the molecule is CCOC(=O)N1CCC(NC(=O)c2cc3n(n2)[C@@H](C(F)(F)F)C[C@@H](c2ccc(C)cc2)N3)CC1. The number of carbonyl (C=O) groups excluding carboxylic acids is 2. The number of anilines is 1.